The molecular weight excluding hydrogens is 446 g/mol. The molecule has 2 aromatic carbocycles. The summed E-state index contributed by atoms with van der Waals surface area (Å²) in [7, 11) is 0. The molecule has 5 nitrogen and oxygen atoms in total. The molecule has 7 rings (SSSR count). The minimum atomic E-state index is -0.481. The predicted octanol–water partition coefficient (Wildman–Crippen LogP) is 5.82. The summed E-state index contributed by atoms with van der Waals surface area (Å²) in [5.41, 5.74) is 3.01. The Hall–Kier alpha value is -2.92. The highest BCUT2D eigenvalue weighted by molar-refractivity contribution is 5.83. The van der Waals surface area contributed by atoms with Gasteiger partial charge in [0.05, 0.1) is 30.4 Å². The van der Waals surface area contributed by atoms with Crippen molar-refractivity contribution in [3.8, 4) is 5.69 Å². The van der Waals surface area contributed by atoms with Gasteiger partial charge in [0, 0.05) is 30.5 Å². The predicted molar refractivity (Wildman–Crippen MR) is 141 cm³/mol. The van der Waals surface area contributed by atoms with Crippen molar-refractivity contribution < 1.29 is 14.0 Å². The molecule has 1 aromatic heterocycles. The van der Waals surface area contributed by atoms with Gasteiger partial charge in [0.2, 0.25) is 0 Å². The number of quaternary nitrogens is 1. The number of para-hydroxylation sites is 1. The zero-order valence-electron chi connectivity index (χ0n) is 21.2. The standard InChI is InChI=1S/C31H38N3O2/c35-30(31(17-9-1-2-10-18-31)27-11-5-3-6-12-27)36-29-24-34(19-15-26(29)16-20-34)23-25-21-32-33(22-25)28-13-7-4-8-14-28/h3-8,11-14,21-22,26,29H,1-2,9-10,15-20,23-24H2/q+1/t26?,29-,34?/m0/s1. The number of benzene rings is 2. The molecule has 5 heteroatoms. The number of carbonyl (C=O) groups is 1. The van der Waals surface area contributed by atoms with E-state index in [0.29, 0.717) is 5.92 Å². The number of piperidine rings is 3. The monoisotopic (exact) mass is 484 g/mol. The normalized spacial score (nSPS) is 27.3. The van der Waals surface area contributed by atoms with Gasteiger partial charge in [-0.1, -0.05) is 74.2 Å². The van der Waals surface area contributed by atoms with Gasteiger partial charge in [0.15, 0.2) is 6.10 Å². The summed E-state index contributed by atoms with van der Waals surface area (Å²) in [6.07, 6.45) is 12.9. The molecule has 1 saturated carbocycles. The van der Waals surface area contributed by atoms with Crippen LogP contribution in [0.25, 0.3) is 5.69 Å². The number of ether oxygens (including phenoxy) is 1. The third kappa shape index (κ3) is 4.50. The first-order chi connectivity index (χ1) is 17.7. The summed E-state index contributed by atoms with van der Waals surface area (Å²) in [5.74, 6) is 0.531. The lowest BCUT2D eigenvalue weighted by Gasteiger charge is -2.52. The number of carbonyl (C=O) groups excluding carboxylic acids is 1. The second kappa shape index (κ2) is 9.85. The van der Waals surface area contributed by atoms with Crippen LogP contribution in [0.4, 0.5) is 0 Å². The van der Waals surface area contributed by atoms with Crippen molar-refractivity contribution in [3.05, 3.63) is 84.2 Å². The molecule has 1 aliphatic carbocycles. The highest BCUT2D eigenvalue weighted by atomic mass is 16.5. The van der Waals surface area contributed by atoms with E-state index < -0.39 is 5.41 Å². The molecule has 3 aromatic rings. The molecule has 0 N–H and O–H groups in total. The Morgan fingerprint density at radius 3 is 2.31 bits per heavy atom. The van der Waals surface area contributed by atoms with Crippen LogP contribution in [-0.4, -0.2) is 46.0 Å². The lowest BCUT2D eigenvalue weighted by Crippen LogP contribution is -2.64. The van der Waals surface area contributed by atoms with Crippen LogP contribution in [0.1, 0.15) is 62.5 Å². The molecule has 36 heavy (non-hydrogen) atoms. The summed E-state index contributed by atoms with van der Waals surface area (Å²) in [4.78, 5) is 14.0. The number of hydrogen-bond donors (Lipinski definition) is 0. The molecule has 3 aliphatic heterocycles. The molecule has 4 aliphatic rings. The fourth-order valence-corrected chi connectivity index (χ4v) is 7.08. The van der Waals surface area contributed by atoms with Crippen molar-refractivity contribution in [2.75, 3.05) is 19.6 Å². The van der Waals surface area contributed by atoms with Crippen LogP contribution in [0.2, 0.25) is 0 Å². The average Bonchev–Trinajstić information content (AvgIpc) is 3.23. The van der Waals surface area contributed by atoms with Crippen molar-refractivity contribution in [2.45, 2.75) is 69.4 Å². The van der Waals surface area contributed by atoms with E-state index in [1.165, 1.54) is 31.5 Å². The lowest BCUT2D eigenvalue weighted by molar-refractivity contribution is -0.958. The fraction of sp³-hybridized carbons (Fsp3) is 0.484. The Morgan fingerprint density at radius 1 is 0.944 bits per heavy atom. The number of rotatable bonds is 6. The van der Waals surface area contributed by atoms with E-state index in [-0.39, 0.29) is 12.1 Å². The maximum absolute atomic E-state index is 14.0. The van der Waals surface area contributed by atoms with Crippen LogP contribution < -0.4 is 0 Å². The van der Waals surface area contributed by atoms with Crippen LogP contribution >= 0.6 is 0 Å². The lowest BCUT2D eigenvalue weighted by atomic mass is 9.74. The first kappa shape index (κ1) is 23.5. The summed E-state index contributed by atoms with van der Waals surface area (Å²) < 4.78 is 9.52. The Labute approximate surface area is 214 Å². The van der Waals surface area contributed by atoms with Crippen molar-refractivity contribution in [1.29, 1.82) is 0 Å². The molecule has 2 bridgehead atoms. The van der Waals surface area contributed by atoms with Crippen LogP contribution in [0.3, 0.4) is 0 Å². The van der Waals surface area contributed by atoms with E-state index in [0.717, 1.165) is 67.3 Å². The highest BCUT2D eigenvalue weighted by Crippen LogP contribution is 2.42. The van der Waals surface area contributed by atoms with Gasteiger partial charge in [-0.15, -0.1) is 0 Å². The van der Waals surface area contributed by atoms with Crippen LogP contribution in [0.15, 0.2) is 73.1 Å². The van der Waals surface area contributed by atoms with Gasteiger partial charge in [-0.25, -0.2) is 4.68 Å². The third-order valence-corrected chi connectivity index (χ3v) is 9.15. The minimum absolute atomic E-state index is 0.0213. The molecule has 4 heterocycles. The summed E-state index contributed by atoms with van der Waals surface area (Å²) in [6.45, 7) is 4.22. The van der Waals surface area contributed by atoms with E-state index in [1.54, 1.807) is 0 Å². The summed E-state index contributed by atoms with van der Waals surface area (Å²) >= 11 is 0. The van der Waals surface area contributed by atoms with Crippen LogP contribution in [-0.2, 0) is 21.5 Å². The molecule has 188 valence electrons. The molecule has 0 unspecified atom stereocenters. The van der Waals surface area contributed by atoms with Crippen molar-refractivity contribution >= 4 is 5.97 Å². The Balaban J connectivity index is 1.19. The van der Waals surface area contributed by atoms with Crippen molar-refractivity contribution in [2.24, 2.45) is 5.92 Å². The smallest absolute Gasteiger partial charge is 0.317 e. The van der Waals surface area contributed by atoms with E-state index in [4.69, 9.17) is 4.74 Å². The van der Waals surface area contributed by atoms with E-state index >= 15 is 0 Å². The zero-order chi connectivity index (χ0) is 24.4. The first-order valence-electron chi connectivity index (χ1n) is 13.9. The Morgan fingerprint density at radius 2 is 1.61 bits per heavy atom. The third-order valence-electron chi connectivity index (χ3n) is 9.15. The number of fused-ring (bicyclic) bond motifs is 3. The van der Waals surface area contributed by atoms with Crippen molar-refractivity contribution in [1.82, 2.24) is 9.78 Å². The molecular formula is C31H38N3O2+. The van der Waals surface area contributed by atoms with Crippen LogP contribution in [0, 0.1) is 5.92 Å². The second-order valence-electron chi connectivity index (χ2n) is 11.4. The van der Waals surface area contributed by atoms with Crippen LogP contribution in [0.5, 0.6) is 0 Å². The van der Waals surface area contributed by atoms with E-state index in [1.807, 2.05) is 35.1 Å². The van der Waals surface area contributed by atoms with Gasteiger partial charge < -0.3 is 9.22 Å². The van der Waals surface area contributed by atoms with E-state index in [9.17, 15) is 4.79 Å². The van der Waals surface area contributed by atoms with E-state index in [2.05, 4.69) is 47.7 Å². The molecule has 1 atom stereocenters. The van der Waals surface area contributed by atoms with Gasteiger partial charge in [-0.2, -0.15) is 5.10 Å². The molecule has 0 amide bonds. The van der Waals surface area contributed by atoms with Gasteiger partial charge >= 0.3 is 5.97 Å². The second-order valence-corrected chi connectivity index (χ2v) is 11.4. The SMILES string of the molecule is O=C(O[C@H]1C[N+]2(Cc3cnn(-c4ccccc4)c3)CCC1CC2)C1(c2ccccc2)CCCCCC1. The maximum Gasteiger partial charge on any atom is 0.317 e. The van der Waals surface area contributed by atoms with Gasteiger partial charge in [0.25, 0.3) is 0 Å². The fourth-order valence-electron chi connectivity index (χ4n) is 7.08. The number of esters is 1. The molecule has 0 radical (unpaired) electrons. The topological polar surface area (TPSA) is 44.1 Å². The minimum Gasteiger partial charge on any atom is -0.455 e. The van der Waals surface area contributed by atoms with Crippen molar-refractivity contribution in [3.63, 3.8) is 0 Å². The number of aromatic nitrogens is 2. The molecule has 3 saturated heterocycles. The number of nitrogens with zero attached hydrogens (tertiary/aromatic N) is 3. The zero-order valence-corrected chi connectivity index (χ0v) is 21.2. The Bertz CT molecular complexity index is 1160. The highest BCUT2D eigenvalue weighted by Gasteiger charge is 2.50. The Kier molecular flexibility index (Phi) is 6.43. The average molecular weight is 485 g/mol. The molecule has 0 spiro atoms. The van der Waals surface area contributed by atoms with Gasteiger partial charge in [-0.3, -0.25) is 4.79 Å². The number of hydrogen-bond acceptors (Lipinski definition) is 3. The molecule has 4 fully saturated rings. The largest absolute Gasteiger partial charge is 0.455 e. The quantitative estimate of drug-likeness (QED) is 0.252. The first-order valence-corrected chi connectivity index (χ1v) is 13.9. The summed E-state index contributed by atoms with van der Waals surface area (Å²) in [6, 6.07) is 20.8. The summed E-state index contributed by atoms with van der Waals surface area (Å²) in [5, 5.41) is 4.63. The van der Waals surface area contributed by atoms with Gasteiger partial charge in [-0.05, 0) is 30.5 Å². The maximum atomic E-state index is 14.0. The van der Waals surface area contributed by atoms with Gasteiger partial charge in [0.1, 0.15) is 13.1 Å².